The van der Waals surface area contributed by atoms with E-state index in [1.54, 1.807) is 23.9 Å². The van der Waals surface area contributed by atoms with Gasteiger partial charge in [0.2, 0.25) is 0 Å². The van der Waals surface area contributed by atoms with Crippen LogP contribution in [0.4, 0.5) is 4.39 Å². The van der Waals surface area contributed by atoms with Crippen LogP contribution in [-0.2, 0) is 7.05 Å². The Balaban J connectivity index is 2.93. The zero-order valence-electron chi connectivity index (χ0n) is 7.00. The predicted octanol–water partition coefficient (Wildman–Crippen LogP) is 2.02. The van der Waals surface area contributed by atoms with Gasteiger partial charge < -0.3 is 4.57 Å². The summed E-state index contributed by atoms with van der Waals surface area (Å²) in [5, 5.41) is 0. The highest BCUT2D eigenvalue weighted by Crippen LogP contribution is 2.18. The number of benzene rings is 1. The average Bonchev–Trinajstić information content (AvgIpc) is 2.41. The van der Waals surface area contributed by atoms with Gasteiger partial charge in [-0.1, -0.05) is 6.07 Å². The Labute approximate surface area is 69.6 Å². The summed E-state index contributed by atoms with van der Waals surface area (Å²) in [5.41, 5.74) is 1.93. The van der Waals surface area contributed by atoms with Gasteiger partial charge in [0.15, 0.2) is 5.82 Å². The molecule has 1 heterocycles. The Bertz CT molecular complexity index is 431. The van der Waals surface area contributed by atoms with E-state index in [9.17, 15) is 4.39 Å². The monoisotopic (exact) mass is 164 g/mol. The number of aromatic nitrogens is 2. The van der Waals surface area contributed by atoms with Crippen molar-refractivity contribution in [1.29, 1.82) is 0 Å². The maximum atomic E-state index is 13.3. The molecule has 0 amide bonds. The lowest BCUT2D eigenvalue weighted by Gasteiger charge is -1.97. The third-order valence-electron chi connectivity index (χ3n) is 2.03. The molecule has 0 unspecified atom stereocenters. The van der Waals surface area contributed by atoms with Crippen molar-refractivity contribution >= 4 is 11.0 Å². The van der Waals surface area contributed by atoms with E-state index in [1.165, 1.54) is 0 Å². The molecule has 0 fully saturated rings. The quantitative estimate of drug-likeness (QED) is 0.582. The number of imidazole rings is 1. The largest absolute Gasteiger partial charge is 0.334 e. The first-order valence-electron chi connectivity index (χ1n) is 3.76. The minimum absolute atomic E-state index is 0.215. The van der Waals surface area contributed by atoms with Crippen LogP contribution in [0, 0.1) is 12.7 Å². The summed E-state index contributed by atoms with van der Waals surface area (Å²) in [6.45, 7) is 1.74. The minimum atomic E-state index is -0.215. The van der Waals surface area contributed by atoms with E-state index >= 15 is 0 Å². The topological polar surface area (TPSA) is 17.8 Å². The van der Waals surface area contributed by atoms with Gasteiger partial charge in [-0.3, -0.25) is 0 Å². The van der Waals surface area contributed by atoms with E-state index in [4.69, 9.17) is 0 Å². The molecule has 0 aliphatic heterocycles. The van der Waals surface area contributed by atoms with Crippen molar-refractivity contribution in [3.63, 3.8) is 0 Å². The lowest BCUT2D eigenvalue weighted by atomic mass is 10.2. The minimum Gasteiger partial charge on any atom is -0.334 e. The Morgan fingerprint density at radius 2 is 2.17 bits per heavy atom. The Morgan fingerprint density at radius 1 is 1.42 bits per heavy atom. The zero-order chi connectivity index (χ0) is 8.72. The molecular formula is C9H9FN2. The van der Waals surface area contributed by atoms with Crippen molar-refractivity contribution in [2.24, 2.45) is 7.05 Å². The normalized spacial score (nSPS) is 10.9. The first-order valence-corrected chi connectivity index (χ1v) is 3.76. The number of aryl methyl sites for hydroxylation is 2. The zero-order valence-corrected chi connectivity index (χ0v) is 7.00. The molecule has 62 valence electrons. The second-order valence-electron chi connectivity index (χ2n) is 2.92. The van der Waals surface area contributed by atoms with Crippen molar-refractivity contribution in [3.05, 3.63) is 29.8 Å². The van der Waals surface area contributed by atoms with E-state index in [1.807, 2.05) is 13.1 Å². The summed E-state index contributed by atoms with van der Waals surface area (Å²) in [5.74, 6) is -0.215. The van der Waals surface area contributed by atoms with Crippen LogP contribution >= 0.6 is 0 Å². The molecule has 0 saturated heterocycles. The summed E-state index contributed by atoms with van der Waals surface area (Å²) in [4.78, 5) is 3.97. The molecule has 2 nitrogen and oxygen atoms in total. The molecule has 0 aliphatic carbocycles. The highest BCUT2D eigenvalue weighted by Gasteiger charge is 2.06. The van der Waals surface area contributed by atoms with Gasteiger partial charge in [0.1, 0.15) is 5.52 Å². The molecule has 0 atom stereocenters. The number of hydrogen-bond acceptors (Lipinski definition) is 1. The maximum Gasteiger partial charge on any atom is 0.153 e. The molecule has 1 aromatic heterocycles. The number of rotatable bonds is 0. The van der Waals surface area contributed by atoms with Gasteiger partial charge in [-0.05, 0) is 18.6 Å². The van der Waals surface area contributed by atoms with Gasteiger partial charge in [-0.2, -0.15) is 0 Å². The highest BCUT2D eigenvalue weighted by molar-refractivity contribution is 5.76. The molecule has 2 aromatic rings. The molecule has 3 heteroatoms. The van der Waals surface area contributed by atoms with Crippen molar-refractivity contribution < 1.29 is 4.39 Å². The molecule has 0 saturated carbocycles. The van der Waals surface area contributed by atoms with Crippen molar-refractivity contribution in [1.82, 2.24) is 9.55 Å². The van der Waals surface area contributed by atoms with Crippen LogP contribution in [0.2, 0.25) is 0 Å². The van der Waals surface area contributed by atoms with Gasteiger partial charge in [0.05, 0.1) is 11.8 Å². The van der Waals surface area contributed by atoms with Crippen LogP contribution in [0.3, 0.4) is 0 Å². The number of nitrogens with zero attached hydrogens (tertiary/aromatic N) is 2. The fourth-order valence-corrected chi connectivity index (χ4v) is 1.27. The summed E-state index contributed by atoms with van der Waals surface area (Å²) in [6, 6.07) is 3.64. The molecule has 2 rings (SSSR count). The van der Waals surface area contributed by atoms with E-state index in [0.29, 0.717) is 11.1 Å². The second kappa shape index (κ2) is 2.30. The van der Waals surface area contributed by atoms with E-state index in [2.05, 4.69) is 4.98 Å². The Hall–Kier alpha value is -1.38. The highest BCUT2D eigenvalue weighted by atomic mass is 19.1. The molecule has 12 heavy (non-hydrogen) atoms. The third kappa shape index (κ3) is 0.826. The molecule has 0 N–H and O–H groups in total. The first-order chi connectivity index (χ1) is 5.70. The molecule has 1 aromatic carbocycles. The van der Waals surface area contributed by atoms with E-state index in [0.717, 1.165) is 5.52 Å². The average molecular weight is 164 g/mol. The molecular weight excluding hydrogens is 155 g/mol. The fraction of sp³-hybridized carbons (Fsp3) is 0.222. The van der Waals surface area contributed by atoms with Crippen molar-refractivity contribution in [2.75, 3.05) is 0 Å². The number of hydrogen-bond donors (Lipinski definition) is 0. The van der Waals surface area contributed by atoms with Crippen LogP contribution in [0.15, 0.2) is 18.5 Å². The molecule has 0 bridgehead atoms. The van der Waals surface area contributed by atoms with Crippen LogP contribution in [0.25, 0.3) is 11.0 Å². The Kier molecular flexibility index (Phi) is 1.40. The first kappa shape index (κ1) is 7.28. The Morgan fingerprint density at radius 3 is 2.92 bits per heavy atom. The molecule has 0 spiro atoms. The van der Waals surface area contributed by atoms with Crippen LogP contribution in [0.5, 0.6) is 0 Å². The van der Waals surface area contributed by atoms with E-state index in [-0.39, 0.29) is 5.82 Å². The standard InChI is InChI=1S/C9H9FN2/c1-6-3-4-7-9(8(6)10)11-5-12(7)2/h3-5H,1-2H3. The van der Waals surface area contributed by atoms with E-state index < -0.39 is 0 Å². The number of halogens is 1. The summed E-state index contributed by atoms with van der Waals surface area (Å²) < 4.78 is 15.1. The number of fused-ring (bicyclic) bond motifs is 1. The molecule has 0 radical (unpaired) electrons. The summed E-state index contributed by atoms with van der Waals surface area (Å²) >= 11 is 0. The van der Waals surface area contributed by atoms with Gasteiger partial charge in [0.25, 0.3) is 0 Å². The van der Waals surface area contributed by atoms with Crippen molar-refractivity contribution in [2.45, 2.75) is 6.92 Å². The van der Waals surface area contributed by atoms with Crippen LogP contribution in [0.1, 0.15) is 5.56 Å². The lowest BCUT2D eigenvalue weighted by Crippen LogP contribution is -1.87. The van der Waals surface area contributed by atoms with Crippen LogP contribution in [-0.4, -0.2) is 9.55 Å². The second-order valence-corrected chi connectivity index (χ2v) is 2.92. The SMILES string of the molecule is Cc1ccc2c(ncn2C)c1F. The van der Waals surface area contributed by atoms with Crippen LogP contribution < -0.4 is 0 Å². The summed E-state index contributed by atoms with van der Waals surface area (Å²) in [6.07, 6.45) is 1.62. The predicted molar refractivity (Wildman–Crippen MR) is 45.4 cm³/mol. The van der Waals surface area contributed by atoms with Gasteiger partial charge in [-0.15, -0.1) is 0 Å². The molecule has 0 aliphatic rings. The fourth-order valence-electron chi connectivity index (χ4n) is 1.27. The van der Waals surface area contributed by atoms with Gasteiger partial charge >= 0.3 is 0 Å². The third-order valence-corrected chi connectivity index (χ3v) is 2.03. The maximum absolute atomic E-state index is 13.3. The lowest BCUT2D eigenvalue weighted by molar-refractivity contribution is 0.628. The smallest absolute Gasteiger partial charge is 0.153 e. The van der Waals surface area contributed by atoms with Gasteiger partial charge in [-0.25, -0.2) is 9.37 Å². The summed E-state index contributed by atoms with van der Waals surface area (Å²) in [7, 11) is 1.85. The van der Waals surface area contributed by atoms with Gasteiger partial charge in [0, 0.05) is 7.05 Å². The van der Waals surface area contributed by atoms with Crippen molar-refractivity contribution in [3.8, 4) is 0 Å².